The molecule has 0 atom stereocenters. The molecule has 1 aliphatic rings. The average Bonchev–Trinajstić information content (AvgIpc) is 1.99. The van der Waals surface area contributed by atoms with Crippen molar-refractivity contribution in [3.05, 3.63) is 0 Å². The summed E-state index contributed by atoms with van der Waals surface area (Å²) < 4.78 is 55.4. The van der Waals surface area contributed by atoms with Crippen LogP contribution in [-0.4, -0.2) is 24.6 Å². The minimum atomic E-state index is -4.58. The molecule has 1 N–H and O–H groups in total. The van der Waals surface area contributed by atoms with Crippen molar-refractivity contribution in [2.24, 2.45) is 5.92 Å². The van der Waals surface area contributed by atoms with Gasteiger partial charge in [0.05, 0.1) is 0 Å². The lowest BCUT2D eigenvalue weighted by molar-refractivity contribution is -0.00623. The Kier molecular flexibility index (Phi) is 4.06. The number of rotatable bonds is 4. The second-order valence-electron chi connectivity index (χ2n) is 4.29. The Morgan fingerprint density at radius 3 is 2.20 bits per heavy atom. The van der Waals surface area contributed by atoms with Gasteiger partial charge in [0.2, 0.25) is 0 Å². The molecule has 0 radical (unpaired) electrons. The van der Waals surface area contributed by atoms with Crippen molar-refractivity contribution < 1.29 is 21.8 Å². The van der Waals surface area contributed by atoms with Crippen LogP contribution in [0.5, 0.6) is 0 Å². The van der Waals surface area contributed by atoms with E-state index in [2.05, 4.69) is 0 Å². The Bertz CT molecular complexity index is 294. The largest absolute Gasteiger partial charge is 0.285 e. The highest BCUT2D eigenvalue weighted by atomic mass is 32.2. The molecule has 6 heteroatoms. The first-order valence-corrected chi connectivity index (χ1v) is 6.72. The lowest BCUT2D eigenvalue weighted by Crippen LogP contribution is -2.30. The number of hydrogen-bond donors (Lipinski definition) is 1. The average molecular weight is 242 g/mol. The van der Waals surface area contributed by atoms with E-state index in [0.717, 1.165) is 32.1 Å². The van der Waals surface area contributed by atoms with Crippen LogP contribution in [-0.2, 0) is 10.1 Å². The summed E-state index contributed by atoms with van der Waals surface area (Å²) in [5.41, 5.74) is 0. The molecule has 90 valence electrons. The lowest BCUT2D eigenvalue weighted by atomic mass is 9.85. The van der Waals surface area contributed by atoms with Crippen molar-refractivity contribution in [1.29, 1.82) is 0 Å². The van der Waals surface area contributed by atoms with Crippen molar-refractivity contribution in [2.75, 3.05) is 5.75 Å². The van der Waals surface area contributed by atoms with Crippen molar-refractivity contribution in [2.45, 2.75) is 44.4 Å². The molecule has 1 fully saturated rings. The second kappa shape index (κ2) is 4.74. The minimum Gasteiger partial charge on any atom is -0.285 e. The fourth-order valence-corrected chi connectivity index (χ4v) is 2.79. The first-order valence-electron chi connectivity index (χ1n) is 5.11. The van der Waals surface area contributed by atoms with Gasteiger partial charge in [-0.3, -0.25) is 4.55 Å². The second-order valence-corrected chi connectivity index (χ2v) is 5.74. The zero-order chi connectivity index (χ0) is 11.5. The first kappa shape index (κ1) is 12.8. The van der Waals surface area contributed by atoms with Crippen LogP contribution < -0.4 is 0 Å². The van der Waals surface area contributed by atoms with Gasteiger partial charge in [0.1, 0.15) is 5.75 Å². The van der Waals surface area contributed by atoms with Crippen molar-refractivity contribution in [3.63, 3.8) is 0 Å². The van der Waals surface area contributed by atoms with Crippen LogP contribution in [0.2, 0.25) is 0 Å². The van der Waals surface area contributed by atoms with Crippen molar-refractivity contribution in [1.82, 2.24) is 0 Å². The number of hydrogen-bond acceptors (Lipinski definition) is 2. The van der Waals surface area contributed by atoms with Crippen LogP contribution in [0, 0.1) is 5.92 Å². The quantitative estimate of drug-likeness (QED) is 0.770. The molecular formula is C9H16F2O3S. The Balaban J connectivity index is 2.47. The highest BCUT2D eigenvalue weighted by Gasteiger charge is 2.37. The molecule has 0 heterocycles. The summed E-state index contributed by atoms with van der Waals surface area (Å²) in [6.07, 6.45) is 3.99. The fourth-order valence-electron chi connectivity index (χ4n) is 2.14. The predicted molar refractivity (Wildman–Crippen MR) is 52.6 cm³/mol. The maximum atomic E-state index is 13.2. The molecule has 3 nitrogen and oxygen atoms in total. The van der Waals surface area contributed by atoms with E-state index in [-0.39, 0.29) is 5.92 Å². The van der Waals surface area contributed by atoms with E-state index in [4.69, 9.17) is 4.55 Å². The van der Waals surface area contributed by atoms with Crippen LogP contribution >= 0.6 is 0 Å². The molecule has 0 saturated heterocycles. The molecule has 1 saturated carbocycles. The van der Waals surface area contributed by atoms with Gasteiger partial charge in [0.15, 0.2) is 0 Å². The van der Waals surface area contributed by atoms with Crippen LogP contribution in [0.3, 0.4) is 0 Å². The van der Waals surface area contributed by atoms with Crippen molar-refractivity contribution in [3.8, 4) is 0 Å². The van der Waals surface area contributed by atoms with Gasteiger partial charge in [-0.1, -0.05) is 32.1 Å². The van der Waals surface area contributed by atoms with Crippen LogP contribution in [0.15, 0.2) is 0 Å². The van der Waals surface area contributed by atoms with E-state index in [9.17, 15) is 17.2 Å². The highest BCUT2D eigenvalue weighted by molar-refractivity contribution is 7.85. The maximum absolute atomic E-state index is 13.2. The molecule has 0 unspecified atom stereocenters. The molecule has 0 aromatic heterocycles. The van der Waals surface area contributed by atoms with Gasteiger partial charge in [-0.2, -0.15) is 8.42 Å². The Labute approximate surface area is 88.6 Å². The summed E-state index contributed by atoms with van der Waals surface area (Å²) in [6.45, 7) is 0. The first-order chi connectivity index (χ1) is 6.79. The lowest BCUT2D eigenvalue weighted by Gasteiger charge is -2.25. The van der Waals surface area contributed by atoms with Gasteiger partial charge >= 0.3 is 0 Å². The topological polar surface area (TPSA) is 54.4 Å². The van der Waals surface area contributed by atoms with Gasteiger partial charge in [-0.15, -0.1) is 0 Å². The zero-order valence-corrected chi connectivity index (χ0v) is 9.27. The van der Waals surface area contributed by atoms with Crippen molar-refractivity contribution >= 4 is 10.1 Å². The molecule has 0 spiro atoms. The van der Waals surface area contributed by atoms with Gasteiger partial charge in [-0.25, -0.2) is 8.78 Å². The summed E-state index contributed by atoms with van der Waals surface area (Å²) in [5, 5.41) is 0. The van der Waals surface area contributed by atoms with E-state index < -0.39 is 28.2 Å². The monoisotopic (exact) mass is 242 g/mol. The predicted octanol–water partition coefficient (Wildman–Crippen LogP) is 2.48. The number of halogens is 2. The standard InChI is InChI=1S/C9H16F2O3S/c10-9(11,7-15(12,13)14)6-8-4-2-1-3-5-8/h8H,1-7H2,(H,12,13,14). The van der Waals surface area contributed by atoms with E-state index in [1.54, 1.807) is 0 Å². The third kappa shape index (κ3) is 5.41. The Morgan fingerprint density at radius 1 is 1.20 bits per heavy atom. The molecule has 0 amide bonds. The summed E-state index contributed by atoms with van der Waals surface area (Å²) in [5.74, 6) is -4.85. The van der Waals surface area contributed by atoms with Gasteiger partial charge in [-0.05, 0) is 5.92 Å². The zero-order valence-electron chi connectivity index (χ0n) is 8.45. The number of alkyl halides is 2. The molecule has 0 aromatic carbocycles. The molecular weight excluding hydrogens is 226 g/mol. The van der Waals surface area contributed by atoms with E-state index in [1.807, 2.05) is 0 Å². The van der Waals surface area contributed by atoms with Crippen LogP contribution in [0.25, 0.3) is 0 Å². The normalized spacial score (nSPS) is 20.5. The maximum Gasteiger partial charge on any atom is 0.270 e. The molecule has 0 bridgehead atoms. The SMILES string of the molecule is O=S(=O)(O)CC(F)(F)CC1CCCCC1. The Hall–Kier alpha value is -0.230. The molecule has 1 rings (SSSR count). The van der Waals surface area contributed by atoms with E-state index in [1.165, 1.54) is 0 Å². The Morgan fingerprint density at radius 2 is 1.73 bits per heavy atom. The summed E-state index contributed by atoms with van der Waals surface area (Å²) in [7, 11) is -4.58. The molecule has 0 aromatic rings. The van der Waals surface area contributed by atoms with Crippen LogP contribution in [0.4, 0.5) is 8.78 Å². The third-order valence-electron chi connectivity index (χ3n) is 2.71. The smallest absolute Gasteiger partial charge is 0.270 e. The molecule has 0 aliphatic heterocycles. The molecule has 15 heavy (non-hydrogen) atoms. The minimum absolute atomic E-state index is 0.101. The van der Waals surface area contributed by atoms with Crippen LogP contribution in [0.1, 0.15) is 38.5 Å². The summed E-state index contributed by atoms with van der Waals surface area (Å²) in [4.78, 5) is 0. The molecule has 1 aliphatic carbocycles. The van der Waals surface area contributed by atoms with E-state index >= 15 is 0 Å². The summed E-state index contributed by atoms with van der Waals surface area (Å²) >= 11 is 0. The third-order valence-corrected chi connectivity index (χ3v) is 3.49. The fraction of sp³-hybridized carbons (Fsp3) is 1.00. The van der Waals surface area contributed by atoms with Gasteiger partial charge in [0.25, 0.3) is 16.0 Å². The van der Waals surface area contributed by atoms with Gasteiger partial charge < -0.3 is 0 Å². The van der Waals surface area contributed by atoms with E-state index in [0.29, 0.717) is 0 Å². The summed E-state index contributed by atoms with van der Waals surface area (Å²) in [6, 6.07) is 0. The van der Waals surface area contributed by atoms with Gasteiger partial charge in [0, 0.05) is 6.42 Å². The highest BCUT2D eigenvalue weighted by Crippen LogP contribution is 2.33.